The molecule has 0 fully saturated rings. The quantitative estimate of drug-likeness (QED) is 0.763. The third-order valence-electron chi connectivity index (χ3n) is 3.63. The fourth-order valence-corrected chi connectivity index (χ4v) is 2.12. The molecule has 0 atom stereocenters. The second kappa shape index (κ2) is 7.70. The standard InChI is InChI=1S/C18H24N2O/c1-14-4-7-17(12-15(14)2)20-11-10-19-13-16-5-8-18(21-3)9-6-16/h4-9,12,19-20H,10-11,13H2,1-3H3. The van der Waals surface area contributed by atoms with E-state index in [-0.39, 0.29) is 0 Å². The van der Waals surface area contributed by atoms with Gasteiger partial charge in [-0.05, 0) is 54.8 Å². The number of benzene rings is 2. The van der Waals surface area contributed by atoms with Crippen molar-refractivity contribution >= 4 is 5.69 Å². The number of rotatable bonds is 7. The van der Waals surface area contributed by atoms with Crippen LogP contribution in [0.2, 0.25) is 0 Å². The summed E-state index contributed by atoms with van der Waals surface area (Å²) in [5.74, 6) is 0.898. The van der Waals surface area contributed by atoms with E-state index in [9.17, 15) is 0 Å². The van der Waals surface area contributed by atoms with Gasteiger partial charge < -0.3 is 15.4 Å². The van der Waals surface area contributed by atoms with Crippen molar-refractivity contribution in [2.45, 2.75) is 20.4 Å². The molecule has 2 aromatic rings. The van der Waals surface area contributed by atoms with Crippen LogP contribution in [0, 0.1) is 13.8 Å². The van der Waals surface area contributed by atoms with Gasteiger partial charge in [0.1, 0.15) is 5.75 Å². The number of ether oxygens (including phenoxy) is 1. The van der Waals surface area contributed by atoms with E-state index in [2.05, 4.69) is 54.8 Å². The van der Waals surface area contributed by atoms with Crippen LogP contribution in [-0.4, -0.2) is 20.2 Å². The van der Waals surface area contributed by atoms with Gasteiger partial charge in [0.15, 0.2) is 0 Å². The van der Waals surface area contributed by atoms with Crippen LogP contribution in [0.4, 0.5) is 5.69 Å². The Kier molecular flexibility index (Phi) is 5.64. The maximum Gasteiger partial charge on any atom is 0.118 e. The lowest BCUT2D eigenvalue weighted by Crippen LogP contribution is -2.21. The van der Waals surface area contributed by atoms with Gasteiger partial charge in [0.25, 0.3) is 0 Å². The Bertz CT molecular complexity index is 564. The van der Waals surface area contributed by atoms with Crippen molar-refractivity contribution in [1.29, 1.82) is 0 Å². The fraction of sp³-hybridized carbons (Fsp3) is 0.333. The van der Waals surface area contributed by atoms with E-state index >= 15 is 0 Å². The zero-order valence-electron chi connectivity index (χ0n) is 13.1. The summed E-state index contributed by atoms with van der Waals surface area (Å²) in [7, 11) is 1.69. The molecular weight excluding hydrogens is 260 g/mol. The van der Waals surface area contributed by atoms with Gasteiger partial charge >= 0.3 is 0 Å². The second-order valence-corrected chi connectivity index (χ2v) is 5.25. The summed E-state index contributed by atoms with van der Waals surface area (Å²) in [4.78, 5) is 0. The third-order valence-corrected chi connectivity index (χ3v) is 3.63. The Balaban J connectivity index is 1.68. The normalized spacial score (nSPS) is 10.4. The van der Waals surface area contributed by atoms with E-state index in [4.69, 9.17) is 4.74 Å². The van der Waals surface area contributed by atoms with Gasteiger partial charge in [0, 0.05) is 25.3 Å². The highest BCUT2D eigenvalue weighted by Gasteiger charge is 1.96. The van der Waals surface area contributed by atoms with Crippen LogP contribution >= 0.6 is 0 Å². The summed E-state index contributed by atoms with van der Waals surface area (Å²) >= 11 is 0. The Hall–Kier alpha value is -2.00. The first-order valence-corrected chi connectivity index (χ1v) is 7.34. The lowest BCUT2D eigenvalue weighted by Gasteiger charge is -2.10. The molecule has 0 spiro atoms. The molecule has 0 heterocycles. The molecule has 2 N–H and O–H groups in total. The Labute approximate surface area is 127 Å². The fourth-order valence-electron chi connectivity index (χ4n) is 2.12. The van der Waals surface area contributed by atoms with Crippen LogP contribution in [0.5, 0.6) is 5.75 Å². The predicted molar refractivity (Wildman–Crippen MR) is 89.1 cm³/mol. The van der Waals surface area contributed by atoms with Crippen molar-refractivity contribution in [2.24, 2.45) is 0 Å². The molecule has 0 amide bonds. The van der Waals surface area contributed by atoms with Crippen molar-refractivity contribution in [3.8, 4) is 5.75 Å². The van der Waals surface area contributed by atoms with Gasteiger partial charge in [-0.15, -0.1) is 0 Å². The molecule has 3 heteroatoms. The lowest BCUT2D eigenvalue weighted by atomic mass is 10.1. The van der Waals surface area contributed by atoms with E-state index in [1.165, 1.54) is 22.4 Å². The first-order chi connectivity index (χ1) is 10.2. The van der Waals surface area contributed by atoms with Gasteiger partial charge in [0.2, 0.25) is 0 Å². The molecule has 0 aliphatic heterocycles. The molecule has 21 heavy (non-hydrogen) atoms. The second-order valence-electron chi connectivity index (χ2n) is 5.25. The predicted octanol–water partition coefficient (Wildman–Crippen LogP) is 3.51. The Morgan fingerprint density at radius 3 is 2.33 bits per heavy atom. The Morgan fingerprint density at radius 1 is 0.905 bits per heavy atom. The minimum Gasteiger partial charge on any atom is -0.497 e. The van der Waals surface area contributed by atoms with Crippen molar-refractivity contribution in [2.75, 3.05) is 25.5 Å². The van der Waals surface area contributed by atoms with Gasteiger partial charge in [0.05, 0.1) is 7.11 Å². The Morgan fingerprint density at radius 2 is 1.67 bits per heavy atom. The van der Waals surface area contributed by atoms with Crippen LogP contribution in [0.1, 0.15) is 16.7 Å². The van der Waals surface area contributed by atoms with E-state index in [0.717, 1.165) is 25.4 Å². The summed E-state index contributed by atoms with van der Waals surface area (Å²) in [5.41, 5.74) is 5.11. The highest BCUT2D eigenvalue weighted by molar-refractivity contribution is 5.48. The highest BCUT2D eigenvalue weighted by atomic mass is 16.5. The molecule has 112 valence electrons. The van der Waals surface area contributed by atoms with Crippen LogP contribution in [0.3, 0.4) is 0 Å². The van der Waals surface area contributed by atoms with Crippen molar-refractivity contribution in [1.82, 2.24) is 5.32 Å². The van der Waals surface area contributed by atoms with E-state index in [0.29, 0.717) is 0 Å². The van der Waals surface area contributed by atoms with Crippen molar-refractivity contribution in [3.63, 3.8) is 0 Å². The minimum atomic E-state index is 0.874. The first-order valence-electron chi connectivity index (χ1n) is 7.34. The van der Waals surface area contributed by atoms with Crippen molar-refractivity contribution in [3.05, 3.63) is 59.2 Å². The summed E-state index contributed by atoms with van der Waals surface area (Å²) < 4.78 is 5.15. The van der Waals surface area contributed by atoms with Gasteiger partial charge in [-0.1, -0.05) is 18.2 Å². The highest BCUT2D eigenvalue weighted by Crippen LogP contribution is 2.13. The van der Waals surface area contributed by atoms with Crippen LogP contribution in [0.25, 0.3) is 0 Å². The van der Waals surface area contributed by atoms with Gasteiger partial charge in [-0.2, -0.15) is 0 Å². The first kappa shape index (κ1) is 15.4. The molecule has 0 saturated carbocycles. The molecule has 0 aliphatic carbocycles. The number of aryl methyl sites for hydroxylation is 2. The van der Waals surface area contributed by atoms with Gasteiger partial charge in [-0.25, -0.2) is 0 Å². The third kappa shape index (κ3) is 4.80. The average molecular weight is 284 g/mol. The molecule has 0 radical (unpaired) electrons. The summed E-state index contributed by atoms with van der Waals surface area (Å²) in [6.07, 6.45) is 0. The molecule has 3 nitrogen and oxygen atoms in total. The van der Waals surface area contributed by atoms with Crippen LogP contribution in [0.15, 0.2) is 42.5 Å². The number of hydrogen-bond donors (Lipinski definition) is 2. The molecule has 0 aromatic heterocycles. The lowest BCUT2D eigenvalue weighted by molar-refractivity contribution is 0.414. The number of nitrogens with one attached hydrogen (secondary N) is 2. The summed E-state index contributed by atoms with van der Waals surface area (Å²) in [6.45, 7) is 6.99. The van der Waals surface area contributed by atoms with Crippen LogP contribution in [-0.2, 0) is 6.54 Å². The molecule has 0 bridgehead atoms. The zero-order chi connectivity index (χ0) is 15.1. The molecule has 2 rings (SSSR count). The molecule has 0 aliphatic rings. The maximum atomic E-state index is 5.15. The van der Waals surface area contributed by atoms with E-state index in [1.807, 2.05) is 12.1 Å². The molecular formula is C18H24N2O. The SMILES string of the molecule is COc1ccc(CNCCNc2ccc(C)c(C)c2)cc1. The zero-order valence-corrected chi connectivity index (χ0v) is 13.1. The number of methoxy groups -OCH3 is 1. The molecule has 0 saturated heterocycles. The summed E-state index contributed by atoms with van der Waals surface area (Å²) in [6, 6.07) is 14.6. The smallest absolute Gasteiger partial charge is 0.118 e. The van der Waals surface area contributed by atoms with E-state index in [1.54, 1.807) is 7.11 Å². The topological polar surface area (TPSA) is 33.3 Å². The van der Waals surface area contributed by atoms with Crippen molar-refractivity contribution < 1.29 is 4.74 Å². The van der Waals surface area contributed by atoms with Crippen LogP contribution < -0.4 is 15.4 Å². The monoisotopic (exact) mass is 284 g/mol. The molecule has 2 aromatic carbocycles. The largest absolute Gasteiger partial charge is 0.497 e. The average Bonchev–Trinajstić information content (AvgIpc) is 2.51. The number of anilines is 1. The molecule has 0 unspecified atom stereocenters. The van der Waals surface area contributed by atoms with Gasteiger partial charge in [-0.3, -0.25) is 0 Å². The summed E-state index contributed by atoms with van der Waals surface area (Å²) in [5, 5.41) is 6.87. The van der Waals surface area contributed by atoms with E-state index < -0.39 is 0 Å². The number of hydrogen-bond acceptors (Lipinski definition) is 3. The minimum absolute atomic E-state index is 0.874. The maximum absolute atomic E-state index is 5.15.